The number of benzene rings is 1. The number of methoxy groups -OCH3 is 2. The van der Waals surface area contributed by atoms with E-state index >= 15 is 0 Å². The van der Waals surface area contributed by atoms with Crippen molar-refractivity contribution in [2.45, 2.75) is 13.3 Å². The maximum absolute atomic E-state index is 5.35. The number of ether oxygens (including phenoxy) is 2. The lowest BCUT2D eigenvalue weighted by Crippen LogP contribution is -1.98. The molecule has 2 aromatic rings. The molecule has 1 aromatic carbocycles. The van der Waals surface area contributed by atoms with Crippen LogP contribution in [-0.2, 0) is 0 Å². The van der Waals surface area contributed by atoms with E-state index in [-0.39, 0.29) is 0 Å². The number of nitrogens with one attached hydrogen (secondary N) is 1. The first-order valence-electron chi connectivity index (χ1n) is 6.08. The van der Waals surface area contributed by atoms with Crippen LogP contribution in [0, 0.1) is 0 Å². The van der Waals surface area contributed by atoms with Gasteiger partial charge in [-0.2, -0.15) is 0 Å². The summed E-state index contributed by atoms with van der Waals surface area (Å²) in [6, 6.07) is 5.64. The molecule has 102 valence electrons. The molecule has 0 saturated heterocycles. The normalized spacial score (nSPS) is 10.3. The fraction of sp³-hybridized carbons (Fsp3) is 0.385. The number of hydrogen-bond acceptors (Lipinski definition) is 6. The quantitative estimate of drug-likeness (QED) is 0.880. The zero-order chi connectivity index (χ0) is 13.7. The van der Waals surface area contributed by atoms with Crippen LogP contribution in [0.15, 0.2) is 18.2 Å². The van der Waals surface area contributed by atoms with E-state index in [2.05, 4.69) is 22.4 Å². The lowest BCUT2D eigenvalue weighted by atomic mass is 10.2. The van der Waals surface area contributed by atoms with Gasteiger partial charge >= 0.3 is 0 Å². The molecule has 0 amide bonds. The van der Waals surface area contributed by atoms with Gasteiger partial charge in [0.1, 0.15) is 11.5 Å². The summed E-state index contributed by atoms with van der Waals surface area (Å²) in [5, 5.41) is 13.2. The van der Waals surface area contributed by atoms with E-state index in [9.17, 15) is 0 Å². The molecule has 0 bridgehead atoms. The summed E-state index contributed by atoms with van der Waals surface area (Å²) in [7, 11) is 3.28. The Bertz CT molecular complexity index is 542. The van der Waals surface area contributed by atoms with Crippen molar-refractivity contribution >= 4 is 16.5 Å². The molecule has 0 unspecified atom stereocenters. The van der Waals surface area contributed by atoms with Gasteiger partial charge in [-0.1, -0.05) is 18.3 Å². The van der Waals surface area contributed by atoms with Crippen LogP contribution in [0.3, 0.4) is 0 Å². The van der Waals surface area contributed by atoms with Crippen LogP contribution in [0.1, 0.15) is 13.3 Å². The van der Waals surface area contributed by atoms with Crippen molar-refractivity contribution in [3.8, 4) is 22.1 Å². The Kier molecular flexibility index (Phi) is 4.57. The van der Waals surface area contributed by atoms with Gasteiger partial charge in [0.05, 0.1) is 19.8 Å². The Morgan fingerprint density at radius 1 is 1.21 bits per heavy atom. The first kappa shape index (κ1) is 13.6. The molecule has 0 atom stereocenters. The first-order valence-corrected chi connectivity index (χ1v) is 6.90. The molecule has 0 aliphatic heterocycles. The monoisotopic (exact) mass is 279 g/mol. The molecule has 1 N–H and O–H groups in total. The summed E-state index contributed by atoms with van der Waals surface area (Å²) >= 11 is 1.51. The zero-order valence-electron chi connectivity index (χ0n) is 11.3. The number of rotatable bonds is 6. The number of aromatic nitrogens is 2. The summed E-state index contributed by atoms with van der Waals surface area (Å²) in [4.78, 5) is 0. The highest BCUT2D eigenvalue weighted by Gasteiger charge is 2.12. The molecule has 6 heteroatoms. The predicted octanol–water partition coefficient (Wildman–Crippen LogP) is 3.04. The third-order valence-corrected chi connectivity index (χ3v) is 3.50. The van der Waals surface area contributed by atoms with Crippen LogP contribution in [0.2, 0.25) is 0 Å². The maximum atomic E-state index is 5.35. The fourth-order valence-corrected chi connectivity index (χ4v) is 2.41. The molecule has 2 rings (SSSR count). The first-order chi connectivity index (χ1) is 9.28. The van der Waals surface area contributed by atoms with Crippen molar-refractivity contribution in [3.63, 3.8) is 0 Å². The van der Waals surface area contributed by atoms with Gasteiger partial charge in [-0.3, -0.25) is 0 Å². The van der Waals surface area contributed by atoms with E-state index in [0.717, 1.165) is 40.2 Å². The summed E-state index contributed by atoms with van der Waals surface area (Å²) in [6.07, 6.45) is 1.05. The van der Waals surface area contributed by atoms with Gasteiger partial charge in [-0.05, 0) is 24.6 Å². The van der Waals surface area contributed by atoms with E-state index < -0.39 is 0 Å². The molecule has 0 radical (unpaired) electrons. The molecular formula is C13H17N3O2S. The average Bonchev–Trinajstić information content (AvgIpc) is 2.93. The molecule has 1 heterocycles. The van der Waals surface area contributed by atoms with Crippen molar-refractivity contribution < 1.29 is 9.47 Å². The molecule has 0 aliphatic carbocycles. The van der Waals surface area contributed by atoms with Crippen molar-refractivity contribution in [3.05, 3.63) is 18.2 Å². The minimum Gasteiger partial charge on any atom is -0.497 e. The second-order valence-electron chi connectivity index (χ2n) is 3.91. The predicted molar refractivity (Wildman–Crippen MR) is 77.2 cm³/mol. The zero-order valence-corrected chi connectivity index (χ0v) is 12.1. The van der Waals surface area contributed by atoms with Crippen LogP contribution >= 0.6 is 11.3 Å². The van der Waals surface area contributed by atoms with Gasteiger partial charge < -0.3 is 14.8 Å². The second-order valence-corrected chi connectivity index (χ2v) is 4.88. The second kappa shape index (κ2) is 6.38. The molecular weight excluding hydrogens is 262 g/mol. The van der Waals surface area contributed by atoms with Gasteiger partial charge in [0.2, 0.25) is 5.13 Å². The van der Waals surface area contributed by atoms with Crippen LogP contribution in [0.25, 0.3) is 10.6 Å². The molecule has 0 spiro atoms. The van der Waals surface area contributed by atoms with Crippen molar-refractivity contribution in [2.24, 2.45) is 0 Å². The highest BCUT2D eigenvalue weighted by Crippen LogP contribution is 2.36. The average molecular weight is 279 g/mol. The fourth-order valence-electron chi connectivity index (χ4n) is 1.62. The SMILES string of the molecule is CCCNc1nnc(-c2cc(OC)ccc2OC)s1. The summed E-state index contributed by atoms with van der Waals surface area (Å²) < 4.78 is 10.6. The van der Waals surface area contributed by atoms with Gasteiger partial charge in [0, 0.05) is 6.54 Å². The van der Waals surface area contributed by atoms with E-state index in [4.69, 9.17) is 9.47 Å². The number of anilines is 1. The molecule has 0 saturated carbocycles. The lowest BCUT2D eigenvalue weighted by Gasteiger charge is -2.07. The Balaban J connectivity index is 2.31. The van der Waals surface area contributed by atoms with Gasteiger partial charge in [0.15, 0.2) is 5.01 Å². The lowest BCUT2D eigenvalue weighted by molar-refractivity contribution is 0.404. The van der Waals surface area contributed by atoms with E-state index in [0.29, 0.717) is 0 Å². The van der Waals surface area contributed by atoms with Crippen LogP contribution < -0.4 is 14.8 Å². The Labute approximate surface area is 116 Å². The molecule has 0 fully saturated rings. The number of nitrogens with zero attached hydrogens (tertiary/aromatic N) is 2. The molecule has 1 aromatic heterocycles. The van der Waals surface area contributed by atoms with Crippen molar-refractivity contribution in [1.29, 1.82) is 0 Å². The van der Waals surface area contributed by atoms with Crippen LogP contribution in [0.4, 0.5) is 5.13 Å². The third-order valence-electron chi connectivity index (χ3n) is 2.59. The topological polar surface area (TPSA) is 56.3 Å². The van der Waals surface area contributed by atoms with Crippen molar-refractivity contribution in [2.75, 3.05) is 26.1 Å². The third kappa shape index (κ3) is 3.14. The standard InChI is InChI=1S/C13H17N3O2S/c1-4-7-14-13-16-15-12(19-13)10-8-9(17-2)5-6-11(10)18-3/h5-6,8H,4,7H2,1-3H3,(H,14,16). The van der Waals surface area contributed by atoms with E-state index in [1.54, 1.807) is 14.2 Å². The van der Waals surface area contributed by atoms with Crippen molar-refractivity contribution in [1.82, 2.24) is 10.2 Å². The highest BCUT2D eigenvalue weighted by molar-refractivity contribution is 7.18. The molecule has 5 nitrogen and oxygen atoms in total. The summed E-state index contributed by atoms with van der Waals surface area (Å²) in [5.74, 6) is 1.54. The van der Waals surface area contributed by atoms with Gasteiger partial charge in [0.25, 0.3) is 0 Å². The Morgan fingerprint density at radius 2 is 2.05 bits per heavy atom. The van der Waals surface area contributed by atoms with E-state index in [1.165, 1.54) is 11.3 Å². The summed E-state index contributed by atoms with van der Waals surface area (Å²) in [6.45, 7) is 3.00. The Morgan fingerprint density at radius 3 is 2.74 bits per heavy atom. The minimum absolute atomic E-state index is 0.763. The maximum Gasteiger partial charge on any atom is 0.206 e. The summed E-state index contributed by atoms with van der Waals surface area (Å²) in [5.41, 5.74) is 0.892. The minimum atomic E-state index is 0.763. The smallest absolute Gasteiger partial charge is 0.206 e. The van der Waals surface area contributed by atoms with E-state index in [1.807, 2.05) is 18.2 Å². The Hall–Kier alpha value is -1.82. The van der Waals surface area contributed by atoms with Gasteiger partial charge in [-0.25, -0.2) is 0 Å². The highest BCUT2D eigenvalue weighted by atomic mass is 32.1. The van der Waals surface area contributed by atoms with Crippen LogP contribution in [-0.4, -0.2) is 31.0 Å². The molecule has 0 aliphatic rings. The molecule has 19 heavy (non-hydrogen) atoms. The largest absolute Gasteiger partial charge is 0.497 e. The number of hydrogen-bond donors (Lipinski definition) is 1. The van der Waals surface area contributed by atoms with Crippen LogP contribution in [0.5, 0.6) is 11.5 Å². The van der Waals surface area contributed by atoms with Gasteiger partial charge in [-0.15, -0.1) is 10.2 Å².